The summed E-state index contributed by atoms with van der Waals surface area (Å²) >= 11 is 0. The van der Waals surface area contributed by atoms with Gasteiger partial charge in [-0.15, -0.1) is 0 Å². The van der Waals surface area contributed by atoms with Gasteiger partial charge in [-0.25, -0.2) is 4.79 Å². The lowest BCUT2D eigenvalue weighted by atomic mass is 9.95. The first-order valence-electron chi connectivity index (χ1n) is 11.2. The molecule has 0 aromatic heterocycles. The van der Waals surface area contributed by atoms with Gasteiger partial charge in [0.2, 0.25) is 5.91 Å². The minimum Gasteiger partial charge on any atom is -0.479 e. The predicted octanol–water partition coefficient (Wildman–Crippen LogP) is 2.41. The molecule has 7 atom stereocenters. The van der Waals surface area contributed by atoms with E-state index < -0.39 is 49.0 Å². The molecule has 2 aromatic carbocycles. The minimum absolute atomic E-state index is 0.184. The number of amides is 1. The highest BCUT2D eigenvalue weighted by Gasteiger charge is 2.52. The van der Waals surface area contributed by atoms with Crippen LogP contribution in [-0.4, -0.2) is 60.3 Å². The van der Waals surface area contributed by atoms with Crippen LogP contribution in [0.2, 0.25) is 0 Å². The molecule has 0 spiro atoms. The van der Waals surface area contributed by atoms with Crippen molar-refractivity contribution in [2.45, 2.75) is 63.5 Å². The molecule has 1 amide bonds. The van der Waals surface area contributed by atoms with Gasteiger partial charge in [0.15, 0.2) is 18.7 Å². The van der Waals surface area contributed by atoms with Crippen molar-refractivity contribution in [1.82, 2.24) is 5.32 Å². The molecule has 0 bridgehead atoms. The van der Waals surface area contributed by atoms with Gasteiger partial charge in [-0.1, -0.05) is 60.7 Å². The Morgan fingerprint density at radius 3 is 2.41 bits per heavy atom. The van der Waals surface area contributed by atoms with Crippen LogP contribution in [0.25, 0.3) is 0 Å². The Morgan fingerprint density at radius 2 is 1.76 bits per heavy atom. The Labute approximate surface area is 197 Å². The summed E-state index contributed by atoms with van der Waals surface area (Å²) in [5.74, 6) is -1.46. The highest BCUT2D eigenvalue weighted by Crippen LogP contribution is 2.36. The second-order valence-electron chi connectivity index (χ2n) is 8.32. The highest BCUT2D eigenvalue weighted by atomic mass is 16.8. The Hall–Kier alpha value is -2.82. The Morgan fingerprint density at radius 1 is 1.09 bits per heavy atom. The Bertz CT molecular complexity index is 956. The molecule has 0 radical (unpaired) electrons. The van der Waals surface area contributed by atoms with Gasteiger partial charge >= 0.3 is 5.97 Å². The van der Waals surface area contributed by atoms with Crippen molar-refractivity contribution in [3.05, 3.63) is 71.8 Å². The first-order valence-corrected chi connectivity index (χ1v) is 11.2. The summed E-state index contributed by atoms with van der Waals surface area (Å²) in [7, 11) is 0. The van der Waals surface area contributed by atoms with Crippen LogP contribution in [0.3, 0.4) is 0 Å². The average molecular weight is 472 g/mol. The molecule has 34 heavy (non-hydrogen) atoms. The van der Waals surface area contributed by atoms with Crippen LogP contribution >= 0.6 is 0 Å². The zero-order chi connectivity index (χ0) is 24.1. The smallest absolute Gasteiger partial charge is 0.332 e. The molecule has 4 rings (SSSR count). The van der Waals surface area contributed by atoms with Gasteiger partial charge in [0.05, 0.1) is 13.2 Å². The largest absolute Gasteiger partial charge is 0.479 e. The number of carbonyl (C=O) groups is 2. The van der Waals surface area contributed by atoms with Gasteiger partial charge in [-0.2, -0.15) is 0 Å². The van der Waals surface area contributed by atoms with Crippen molar-refractivity contribution < 1.29 is 38.4 Å². The van der Waals surface area contributed by atoms with Gasteiger partial charge in [-0.05, 0) is 12.5 Å². The predicted molar refractivity (Wildman–Crippen MR) is 119 cm³/mol. The summed E-state index contributed by atoms with van der Waals surface area (Å²) < 4.78 is 30.3. The van der Waals surface area contributed by atoms with Crippen LogP contribution in [0.1, 0.15) is 31.3 Å². The third kappa shape index (κ3) is 5.81. The van der Waals surface area contributed by atoms with E-state index in [4.69, 9.17) is 23.7 Å². The van der Waals surface area contributed by atoms with Crippen LogP contribution < -0.4 is 5.32 Å². The summed E-state index contributed by atoms with van der Waals surface area (Å²) in [5, 5.41) is 12.3. The lowest BCUT2D eigenvalue weighted by Crippen LogP contribution is -2.67. The van der Waals surface area contributed by atoms with Gasteiger partial charge in [0, 0.05) is 12.5 Å². The molecule has 2 saturated heterocycles. The maximum atomic E-state index is 12.1. The molecular weight excluding hydrogens is 442 g/mol. The summed E-state index contributed by atoms with van der Waals surface area (Å²) in [6.45, 7) is 3.22. The first-order chi connectivity index (χ1) is 16.4. The number of rotatable bonds is 8. The van der Waals surface area contributed by atoms with E-state index in [2.05, 4.69) is 5.32 Å². The number of hydrogen-bond acceptors (Lipinski definition) is 7. The van der Waals surface area contributed by atoms with Crippen molar-refractivity contribution in [2.75, 3.05) is 6.61 Å². The van der Waals surface area contributed by atoms with Gasteiger partial charge in [-0.3, -0.25) is 4.79 Å². The maximum absolute atomic E-state index is 12.1. The van der Waals surface area contributed by atoms with Crippen LogP contribution in [0.15, 0.2) is 60.7 Å². The molecule has 2 aliphatic rings. The van der Waals surface area contributed by atoms with Crippen molar-refractivity contribution >= 4 is 11.9 Å². The molecule has 0 unspecified atom stereocenters. The van der Waals surface area contributed by atoms with Crippen LogP contribution in [0.4, 0.5) is 0 Å². The molecule has 0 aliphatic carbocycles. The molecule has 9 nitrogen and oxygen atoms in total. The molecule has 2 heterocycles. The van der Waals surface area contributed by atoms with Crippen LogP contribution in [0.5, 0.6) is 0 Å². The summed E-state index contributed by atoms with van der Waals surface area (Å²) in [6.07, 6.45) is -4.87. The van der Waals surface area contributed by atoms with E-state index in [1.807, 2.05) is 60.7 Å². The molecule has 2 aliphatic heterocycles. The molecule has 2 aromatic rings. The molecular formula is C25H29NO8. The summed E-state index contributed by atoms with van der Waals surface area (Å²) in [5.41, 5.74) is 1.73. The quantitative estimate of drug-likeness (QED) is 0.604. The number of carbonyl (C=O) groups excluding carboxylic acids is 1. The van der Waals surface area contributed by atoms with Gasteiger partial charge in [0.25, 0.3) is 0 Å². The van der Waals surface area contributed by atoms with E-state index in [0.717, 1.165) is 11.1 Å². The lowest BCUT2D eigenvalue weighted by molar-refractivity contribution is -0.351. The van der Waals surface area contributed by atoms with Crippen molar-refractivity contribution in [2.24, 2.45) is 0 Å². The summed E-state index contributed by atoms with van der Waals surface area (Å²) in [4.78, 5) is 23.7. The normalized spacial score (nSPS) is 29.6. The fraction of sp³-hybridized carbons (Fsp3) is 0.440. The topological polar surface area (TPSA) is 113 Å². The van der Waals surface area contributed by atoms with E-state index in [1.54, 1.807) is 0 Å². The summed E-state index contributed by atoms with van der Waals surface area (Å²) in [6, 6.07) is 18.1. The number of fused-ring (bicyclic) bond motifs is 1. The fourth-order valence-corrected chi connectivity index (χ4v) is 4.09. The second kappa shape index (κ2) is 11.1. The molecule has 9 heteroatoms. The zero-order valence-electron chi connectivity index (χ0n) is 19.0. The molecule has 2 fully saturated rings. The van der Waals surface area contributed by atoms with E-state index in [9.17, 15) is 14.7 Å². The Kier molecular flexibility index (Phi) is 7.91. The number of ether oxygens (including phenoxy) is 5. The van der Waals surface area contributed by atoms with Crippen molar-refractivity contribution in [3.8, 4) is 0 Å². The number of carboxylic acids is 1. The Balaban J connectivity index is 1.59. The maximum Gasteiger partial charge on any atom is 0.332 e. The number of hydrogen-bond donors (Lipinski definition) is 2. The lowest BCUT2D eigenvalue weighted by Gasteiger charge is -2.49. The molecule has 0 saturated carbocycles. The third-order valence-corrected chi connectivity index (χ3v) is 5.75. The number of carboxylic acid groups (broad SMARTS) is 1. The van der Waals surface area contributed by atoms with E-state index in [1.165, 1.54) is 13.8 Å². The fourth-order valence-electron chi connectivity index (χ4n) is 4.09. The number of aliphatic carboxylic acids is 1. The minimum atomic E-state index is -1.14. The number of benzene rings is 2. The average Bonchev–Trinajstić information content (AvgIpc) is 2.84. The molecule has 2 N–H and O–H groups in total. The molecule has 182 valence electrons. The SMILES string of the molecule is CC(=O)N[C@@H]1[C@@H](OCc2ccccc2)O[C@H]2CO[C@@H](c3ccccc3)O[C@@H]2[C@@H]1O[C@H](C)C(=O)O. The standard InChI is InChI=1S/C25H29NO8/c1-15(23(28)29)32-22-20(26-16(2)27)25(30-13-17-9-5-3-6-10-17)33-19-14-31-24(34-21(19)22)18-11-7-4-8-12-18/h3-12,15,19-22,24-25H,13-14H2,1-2H3,(H,26,27)(H,28,29)/t15-,19+,20+,21+,22-,24-,25+/m1/s1. The van der Waals surface area contributed by atoms with E-state index >= 15 is 0 Å². The monoisotopic (exact) mass is 471 g/mol. The van der Waals surface area contributed by atoms with Crippen LogP contribution in [0, 0.1) is 0 Å². The van der Waals surface area contributed by atoms with E-state index in [-0.39, 0.29) is 19.1 Å². The number of nitrogens with one attached hydrogen (secondary N) is 1. The van der Waals surface area contributed by atoms with Crippen LogP contribution in [-0.2, 0) is 39.9 Å². The highest BCUT2D eigenvalue weighted by molar-refractivity contribution is 5.73. The second-order valence-corrected chi connectivity index (χ2v) is 8.32. The first kappa shape index (κ1) is 24.3. The van der Waals surface area contributed by atoms with Gasteiger partial charge < -0.3 is 34.1 Å². The zero-order valence-corrected chi connectivity index (χ0v) is 19.0. The van der Waals surface area contributed by atoms with Gasteiger partial charge in [0.1, 0.15) is 24.4 Å². The third-order valence-electron chi connectivity index (χ3n) is 5.75. The van der Waals surface area contributed by atoms with Crippen molar-refractivity contribution in [3.63, 3.8) is 0 Å². The van der Waals surface area contributed by atoms with E-state index in [0.29, 0.717) is 0 Å². The van der Waals surface area contributed by atoms with Crippen molar-refractivity contribution in [1.29, 1.82) is 0 Å².